The summed E-state index contributed by atoms with van der Waals surface area (Å²) in [5, 5.41) is 0. The SMILES string of the molecule is CCCCN(CCCC)c1ccc(C#Cc2cc(C#Cc3ccc(N(CCCC)CCCC)cc3)c(C#Cc3ccncc3)cc2C#Cc2ccncc2)cc1. The Balaban J connectivity index is 1.55. The zero-order chi connectivity index (χ0) is 39.2. The number of unbranched alkanes of at least 4 members (excludes halogenated alkanes) is 4. The second-order valence-electron chi connectivity index (χ2n) is 13.9. The molecule has 4 nitrogen and oxygen atoms in total. The van der Waals surface area contributed by atoms with E-state index in [1.54, 1.807) is 24.8 Å². The van der Waals surface area contributed by atoms with E-state index >= 15 is 0 Å². The van der Waals surface area contributed by atoms with Gasteiger partial charge in [-0.25, -0.2) is 0 Å². The van der Waals surface area contributed by atoms with Crippen molar-refractivity contribution < 1.29 is 0 Å². The first kappa shape index (κ1) is 41.0. The van der Waals surface area contributed by atoms with E-state index in [-0.39, 0.29) is 0 Å². The lowest BCUT2D eigenvalue weighted by Crippen LogP contribution is -2.25. The monoisotopic (exact) mass is 734 g/mol. The number of hydrogen-bond acceptors (Lipinski definition) is 4. The van der Waals surface area contributed by atoms with Gasteiger partial charge in [-0.15, -0.1) is 0 Å². The van der Waals surface area contributed by atoms with E-state index in [1.165, 1.54) is 62.7 Å². The largest absolute Gasteiger partial charge is 0.372 e. The van der Waals surface area contributed by atoms with E-state index in [0.29, 0.717) is 0 Å². The normalized spacial score (nSPS) is 10.1. The predicted molar refractivity (Wildman–Crippen MR) is 236 cm³/mol. The van der Waals surface area contributed by atoms with E-state index in [0.717, 1.165) is 70.7 Å². The van der Waals surface area contributed by atoms with Gasteiger partial charge < -0.3 is 9.80 Å². The lowest BCUT2D eigenvalue weighted by molar-refractivity contribution is 0.678. The molecule has 0 amide bonds. The van der Waals surface area contributed by atoms with Gasteiger partial charge in [0.1, 0.15) is 0 Å². The minimum absolute atomic E-state index is 0.796. The van der Waals surface area contributed by atoms with Crippen LogP contribution in [0.3, 0.4) is 0 Å². The number of anilines is 2. The predicted octanol–water partition coefficient (Wildman–Crippen LogP) is 10.9. The second kappa shape index (κ2) is 22.9. The first-order chi connectivity index (χ1) is 27.6. The van der Waals surface area contributed by atoms with Crippen molar-refractivity contribution in [3.8, 4) is 47.4 Å². The molecule has 0 bridgehead atoms. The van der Waals surface area contributed by atoms with E-state index in [2.05, 4.69) is 143 Å². The van der Waals surface area contributed by atoms with Crippen LogP contribution in [0.15, 0.2) is 110 Å². The van der Waals surface area contributed by atoms with Crippen LogP contribution in [0.2, 0.25) is 0 Å². The summed E-state index contributed by atoms with van der Waals surface area (Å²) >= 11 is 0. The number of pyridine rings is 2. The maximum Gasteiger partial charge on any atom is 0.0419 e. The van der Waals surface area contributed by atoms with Crippen molar-refractivity contribution >= 4 is 11.4 Å². The molecule has 0 radical (unpaired) electrons. The van der Waals surface area contributed by atoms with Gasteiger partial charge in [-0.1, -0.05) is 101 Å². The Morgan fingerprint density at radius 3 is 0.893 bits per heavy atom. The van der Waals surface area contributed by atoms with E-state index in [1.807, 2.05) is 36.4 Å². The lowest BCUT2D eigenvalue weighted by atomic mass is 9.97. The fourth-order valence-corrected chi connectivity index (χ4v) is 6.09. The Morgan fingerprint density at radius 2 is 0.625 bits per heavy atom. The molecule has 0 N–H and O–H groups in total. The van der Waals surface area contributed by atoms with E-state index < -0.39 is 0 Å². The molecular formula is C52H54N4. The third-order valence-corrected chi connectivity index (χ3v) is 9.48. The molecule has 0 atom stereocenters. The number of aromatic nitrogens is 2. The molecule has 0 saturated heterocycles. The molecule has 0 saturated carbocycles. The number of hydrogen-bond donors (Lipinski definition) is 0. The van der Waals surface area contributed by atoms with Crippen LogP contribution < -0.4 is 9.80 Å². The molecule has 5 rings (SSSR count). The quantitative estimate of drug-likeness (QED) is 0.106. The molecule has 3 aromatic carbocycles. The van der Waals surface area contributed by atoms with Gasteiger partial charge in [0.15, 0.2) is 0 Å². The topological polar surface area (TPSA) is 32.3 Å². The molecular weight excluding hydrogens is 681 g/mol. The second-order valence-corrected chi connectivity index (χ2v) is 13.9. The first-order valence-corrected chi connectivity index (χ1v) is 20.4. The highest BCUT2D eigenvalue weighted by molar-refractivity contribution is 5.65. The Kier molecular flexibility index (Phi) is 16.7. The standard InChI is InChI=1S/C52H54N4/c1-5-9-37-55(38-10-6-2)51-25-17-43(18-26-51)13-21-47-41-48(22-14-44-19-27-52(28-20-44)56(39-11-7-3)40-12-8-4)50(24-16-46-31-35-54-36-32-46)42-49(47)23-15-45-29-33-53-34-30-45/h17-20,25-36,41-42H,5-12,37-40H2,1-4H3. The third kappa shape index (κ3) is 13.0. The Bertz CT molecular complexity index is 2040. The molecule has 0 aliphatic carbocycles. The van der Waals surface area contributed by atoms with E-state index in [9.17, 15) is 0 Å². The summed E-state index contributed by atoms with van der Waals surface area (Å²) in [5.41, 5.74) is 9.36. The Hall–Kier alpha value is -6.20. The molecule has 0 spiro atoms. The van der Waals surface area contributed by atoms with Gasteiger partial charge in [0.05, 0.1) is 0 Å². The molecule has 4 heteroatoms. The maximum atomic E-state index is 4.15. The molecule has 5 aromatic rings. The molecule has 2 aromatic heterocycles. The van der Waals surface area contributed by atoms with Crippen molar-refractivity contribution in [1.29, 1.82) is 0 Å². The highest BCUT2D eigenvalue weighted by Crippen LogP contribution is 2.20. The van der Waals surface area contributed by atoms with Crippen LogP contribution in [0.5, 0.6) is 0 Å². The number of nitrogens with zero attached hydrogens (tertiary/aromatic N) is 4. The molecule has 56 heavy (non-hydrogen) atoms. The number of benzene rings is 3. The van der Waals surface area contributed by atoms with Gasteiger partial charge in [0.2, 0.25) is 0 Å². The molecule has 0 aliphatic rings. The van der Waals surface area contributed by atoms with Gasteiger partial charge in [-0.3, -0.25) is 9.97 Å². The molecule has 282 valence electrons. The van der Waals surface area contributed by atoms with Gasteiger partial charge in [-0.2, -0.15) is 0 Å². The maximum absolute atomic E-state index is 4.15. The average Bonchev–Trinajstić information content (AvgIpc) is 3.25. The summed E-state index contributed by atoms with van der Waals surface area (Å²) in [6, 6.07) is 29.0. The van der Waals surface area contributed by atoms with Gasteiger partial charge >= 0.3 is 0 Å². The van der Waals surface area contributed by atoms with Crippen molar-refractivity contribution in [3.05, 3.63) is 154 Å². The summed E-state index contributed by atoms with van der Waals surface area (Å²) in [4.78, 5) is 13.3. The third-order valence-electron chi connectivity index (χ3n) is 9.48. The molecule has 0 unspecified atom stereocenters. The smallest absolute Gasteiger partial charge is 0.0419 e. The van der Waals surface area contributed by atoms with Crippen LogP contribution in [-0.2, 0) is 0 Å². The molecule has 2 heterocycles. The van der Waals surface area contributed by atoms with Crippen molar-refractivity contribution in [2.24, 2.45) is 0 Å². The minimum atomic E-state index is 0.796. The van der Waals surface area contributed by atoms with E-state index in [4.69, 9.17) is 0 Å². The summed E-state index contributed by atoms with van der Waals surface area (Å²) in [7, 11) is 0. The highest BCUT2D eigenvalue weighted by atomic mass is 15.1. The summed E-state index contributed by atoms with van der Waals surface area (Å²) in [6.07, 6.45) is 16.5. The van der Waals surface area contributed by atoms with Crippen LogP contribution in [0, 0.1) is 47.4 Å². The van der Waals surface area contributed by atoms with Crippen LogP contribution in [0.1, 0.15) is 124 Å². The fraction of sp³-hybridized carbons (Fsp3) is 0.308. The Morgan fingerprint density at radius 1 is 0.357 bits per heavy atom. The summed E-state index contributed by atoms with van der Waals surface area (Å²) in [5.74, 6) is 27.2. The lowest BCUT2D eigenvalue weighted by Gasteiger charge is -2.24. The van der Waals surface area contributed by atoms with Crippen LogP contribution in [0.25, 0.3) is 0 Å². The molecule has 0 fully saturated rings. The van der Waals surface area contributed by atoms with Crippen LogP contribution in [0.4, 0.5) is 11.4 Å². The van der Waals surface area contributed by atoms with Crippen molar-refractivity contribution in [2.75, 3.05) is 36.0 Å². The van der Waals surface area contributed by atoms with Crippen molar-refractivity contribution in [2.45, 2.75) is 79.1 Å². The van der Waals surface area contributed by atoms with Gasteiger partial charge in [0, 0.05) is 107 Å². The van der Waals surface area contributed by atoms with Crippen LogP contribution in [-0.4, -0.2) is 36.1 Å². The van der Waals surface area contributed by atoms with Crippen LogP contribution >= 0.6 is 0 Å². The fourth-order valence-electron chi connectivity index (χ4n) is 6.09. The average molecular weight is 735 g/mol. The zero-order valence-electron chi connectivity index (χ0n) is 33.7. The molecule has 0 aliphatic heterocycles. The Labute approximate surface area is 336 Å². The summed E-state index contributed by atoms with van der Waals surface area (Å²) < 4.78 is 0. The van der Waals surface area contributed by atoms with Crippen molar-refractivity contribution in [3.63, 3.8) is 0 Å². The highest BCUT2D eigenvalue weighted by Gasteiger charge is 2.09. The minimum Gasteiger partial charge on any atom is -0.372 e. The number of rotatable bonds is 14. The van der Waals surface area contributed by atoms with Crippen molar-refractivity contribution in [1.82, 2.24) is 9.97 Å². The van der Waals surface area contributed by atoms with Gasteiger partial charge in [0.25, 0.3) is 0 Å². The zero-order valence-corrected chi connectivity index (χ0v) is 33.7. The first-order valence-electron chi connectivity index (χ1n) is 20.4. The summed E-state index contributed by atoms with van der Waals surface area (Å²) in [6.45, 7) is 13.3. The van der Waals surface area contributed by atoms with Gasteiger partial charge in [-0.05, 0) is 111 Å².